The highest BCUT2D eigenvalue weighted by molar-refractivity contribution is 5.99. The van der Waals surface area contributed by atoms with E-state index < -0.39 is 5.92 Å². The third kappa shape index (κ3) is 6.12. The number of nitrogen functional groups attached to an aromatic ring is 1. The fourth-order valence-electron chi connectivity index (χ4n) is 2.41. The lowest BCUT2D eigenvalue weighted by atomic mass is 9.99. The Morgan fingerprint density at radius 3 is 2.36 bits per heavy atom. The van der Waals surface area contributed by atoms with Gasteiger partial charge in [-0.15, -0.1) is 12.4 Å². The number of para-hydroxylation sites is 1. The number of rotatable bonds is 7. The lowest BCUT2D eigenvalue weighted by molar-refractivity contribution is -0.147. The molecule has 2 aromatic carbocycles. The average molecular weight is 363 g/mol. The van der Waals surface area contributed by atoms with Gasteiger partial charge in [-0.1, -0.05) is 42.5 Å². The summed E-state index contributed by atoms with van der Waals surface area (Å²) in [5.74, 6) is -1.06. The number of carbonyl (C=O) groups excluding carboxylic acids is 2. The van der Waals surface area contributed by atoms with Gasteiger partial charge in [-0.05, 0) is 31.0 Å². The minimum absolute atomic E-state index is 0. The summed E-state index contributed by atoms with van der Waals surface area (Å²) in [7, 11) is 0. The van der Waals surface area contributed by atoms with Crippen LogP contribution in [0, 0.1) is 5.92 Å². The van der Waals surface area contributed by atoms with Gasteiger partial charge in [-0.25, -0.2) is 0 Å². The van der Waals surface area contributed by atoms with Crippen molar-refractivity contribution < 1.29 is 14.3 Å². The van der Waals surface area contributed by atoms with Gasteiger partial charge in [0.05, 0.1) is 18.1 Å². The molecular weight excluding hydrogens is 340 g/mol. The summed E-state index contributed by atoms with van der Waals surface area (Å²) in [6.45, 7) is 2.27. The first kappa shape index (κ1) is 20.5. The van der Waals surface area contributed by atoms with Gasteiger partial charge in [0, 0.05) is 12.2 Å². The summed E-state index contributed by atoms with van der Waals surface area (Å²) < 4.78 is 5.12. The van der Waals surface area contributed by atoms with Crippen LogP contribution in [0.5, 0.6) is 0 Å². The van der Waals surface area contributed by atoms with Gasteiger partial charge in [-0.3, -0.25) is 9.59 Å². The zero-order chi connectivity index (χ0) is 17.4. The van der Waals surface area contributed by atoms with Crippen molar-refractivity contribution in [2.75, 3.05) is 18.9 Å². The van der Waals surface area contributed by atoms with Crippen molar-refractivity contribution in [2.24, 2.45) is 5.92 Å². The number of hydrogen-bond donors (Lipinski definition) is 2. The molecule has 134 valence electrons. The zero-order valence-corrected chi connectivity index (χ0v) is 14.9. The molecule has 0 fully saturated rings. The molecule has 0 saturated carbocycles. The molecule has 0 aliphatic rings. The SMILES string of the molecule is CCOC(=O)C(CNC(=O)c1ccccc1N)Cc1ccccc1.Cl. The highest BCUT2D eigenvalue weighted by Crippen LogP contribution is 2.13. The van der Waals surface area contributed by atoms with Gasteiger partial charge in [0.1, 0.15) is 0 Å². The molecule has 2 rings (SSSR count). The fourth-order valence-corrected chi connectivity index (χ4v) is 2.41. The van der Waals surface area contributed by atoms with Crippen molar-refractivity contribution in [3.05, 3.63) is 65.7 Å². The van der Waals surface area contributed by atoms with E-state index in [0.29, 0.717) is 24.3 Å². The van der Waals surface area contributed by atoms with Crippen molar-refractivity contribution in [1.29, 1.82) is 0 Å². The predicted molar refractivity (Wildman–Crippen MR) is 101 cm³/mol. The quantitative estimate of drug-likeness (QED) is 0.586. The zero-order valence-electron chi connectivity index (χ0n) is 14.1. The number of carbonyl (C=O) groups is 2. The van der Waals surface area contributed by atoms with Crippen molar-refractivity contribution in [2.45, 2.75) is 13.3 Å². The lowest BCUT2D eigenvalue weighted by Crippen LogP contribution is -2.35. The van der Waals surface area contributed by atoms with Gasteiger partial charge in [-0.2, -0.15) is 0 Å². The van der Waals surface area contributed by atoms with Crippen LogP contribution >= 0.6 is 12.4 Å². The average Bonchev–Trinajstić information content (AvgIpc) is 2.59. The molecule has 0 bridgehead atoms. The standard InChI is InChI=1S/C19H22N2O3.ClH/c1-2-24-19(23)15(12-14-8-4-3-5-9-14)13-21-18(22)16-10-6-7-11-17(16)20;/h3-11,15H,2,12-13,20H2,1H3,(H,21,22);1H. The van der Waals surface area contributed by atoms with Crippen LogP contribution in [0.2, 0.25) is 0 Å². The number of anilines is 1. The molecule has 0 radical (unpaired) electrons. The highest BCUT2D eigenvalue weighted by atomic mass is 35.5. The molecule has 0 heterocycles. The van der Waals surface area contributed by atoms with Crippen molar-refractivity contribution in [1.82, 2.24) is 5.32 Å². The third-order valence-electron chi connectivity index (χ3n) is 3.66. The van der Waals surface area contributed by atoms with E-state index in [1.54, 1.807) is 31.2 Å². The number of nitrogens with two attached hydrogens (primary N) is 1. The van der Waals surface area contributed by atoms with E-state index in [2.05, 4.69) is 5.32 Å². The second-order valence-electron chi connectivity index (χ2n) is 5.44. The van der Waals surface area contributed by atoms with Gasteiger partial charge >= 0.3 is 5.97 Å². The van der Waals surface area contributed by atoms with Crippen molar-refractivity contribution in [3.8, 4) is 0 Å². The van der Waals surface area contributed by atoms with E-state index >= 15 is 0 Å². The second kappa shape index (κ2) is 10.4. The second-order valence-corrected chi connectivity index (χ2v) is 5.44. The first-order valence-corrected chi connectivity index (χ1v) is 7.95. The molecule has 0 aliphatic carbocycles. The van der Waals surface area contributed by atoms with Crippen LogP contribution in [0.15, 0.2) is 54.6 Å². The van der Waals surface area contributed by atoms with E-state index in [1.807, 2.05) is 30.3 Å². The van der Waals surface area contributed by atoms with Crippen LogP contribution in [0.4, 0.5) is 5.69 Å². The molecule has 3 N–H and O–H groups in total. The van der Waals surface area contributed by atoms with Gasteiger partial charge < -0.3 is 15.8 Å². The van der Waals surface area contributed by atoms with Gasteiger partial charge in [0.2, 0.25) is 0 Å². The Morgan fingerprint density at radius 2 is 1.72 bits per heavy atom. The van der Waals surface area contributed by atoms with E-state index in [4.69, 9.17) is 10.5 Å². The Hall–Kier alpha value is -2.53. The van der Waals surface area contributed by atoms with E-state index in [1.165, 1.54) is 0 Å². The summed E-state index contributed by atoms with van der Waals surface area (Å²) in [5.41, 5.74) is 7.63. The van der Waals surface area contributed by atoms with Crippen LogP contribution < -0.4 is 11.1 Å². The lowest BCUT2D eigenvalue weighted by Gasteiger charge is -2.17. The maximum Gasteiger partial charge on any atom is 0.311 e. The van der Waals surface area contributed by atoms with Crippen LogP contribution in [-0.4, -0.2) is 25.0 Å². The van der Waals surface area contributed by atoms with E-state index in [9.17, 15) is 9.59 Å². The van der Waals surface area contributed by atoms with Gasteiger partial charge in [0.15, 0.2) is 0 Å². The minimum atomic E-state index is -0.443. The molecule has 6 heteroatoms. The first-order valence-electron chi connectivity index (χ1n) is 7.95. The van der Waals surface area contributed by atoms with E-state index in [-0.39, 0.29) is 30.8 Å². The number of benzene rings is 2. The molecule has 0 aliphatic heterocycles. The largest absolute Gasteiger partial charge is 0.466 e. The van der Waals surface area contributed by atoms with Crippen molar-refractivity contribution in [3.63, 3.8) is 0 Å². The van der Waals surface area contributed by atoms with Crippen molar-refractivity contribution >= 4 is 30.0 Å². The summed E-state index contributed by atoms with van der Waals surface area (Å²) in [6.07, 6.45) is 0.504. The monoisotopic (exact) mass is 362 g/mol. The Kier molecular flexibility index (Phi) is 8.50. The van der Waals surface area contributed by atoms with Crippen LogP contribution in [0.3, 0.4) is 0 Å². The van der Waals surface area contributed by atoms with E-state index in [0.717, 1.165) is 5.56 Å². The number of halogens is 1. The highest BCUT2D eigenvalue weighted by Gasteiger charge is 2.21. The summed E-state index contributed by atoms with van der Waals surface area (Å²) >= 11 is 0. The predicted octanol–water partition coefficient (Wildman–Crippen LogP) is 2.84. The molecule has 1 atom stereocenters. The fraction of sp³-hybridized carbons (Fsp3) is 0.263. The molecule has 0 aromatic heterocycles. The molecule has 2 aromatic rings. The molecule has 0 spiro atoms. The Labute approximate surface area is 154 Å². The Bertz CT molecular complexity index is 692. The number of amides is 1. The number of hydrogen-bond acceptors (Lipinski definition) is 4. The molecular formula is C19H23ClN2O3. The molecule has 1 unspecified atom stereocenters. The van der Waals surface area contributed by atoms with Gasteiger partial charge in [0.25, 0.3) is 5.91 Å². The molecule has 1 amide bonds. The number of esters is 1. The maximum atomic E-state index is 12.3. The first-order chi connectivity index (χ1) is 11.6. The van der Waals surface area contributed by atoms with Crippen LogP contribution in [0.1, 0.15) is 22.8 Å². The molecule has 0 saturated heterocycles. The Morgan fingerprint density at radius 1 is 1.08 bits per heavy atom. The van der Waals surface area contributed by atoms with Crippen LogP contribution in [0.25, 0.3) is 0 Å². The summed E-state index contributed by atoms with van der Waals surface area (Å²) in [6, 6.07) is 16.5. The minimum Gasteiger partial charge on any atom is -0.466 e. The third-order valence-corrected chi connectivity index (χ3v) is 3.66. The Balaban J connectivity index is 0.00000312. The normalized spacial score (nSPS) is 11.1. The summed E-state index contributed by atoms with van der Waals surface area (Å²) in [5, 5.41) is 2.78. The summed E-state index contributed by atoms with van der Waals surface area (Å²) in [4.78, 5) is 24.4. The van der Waals surface area contributed by atoms with Crippen LogP contribution in [-0.2, 0) is 16.0 Å². The maximum absolute atomic E-state index is 12.3. The topological polar surface area (TPSA) is 81.4 Å². The smallest absolute Gasteiger partial charge is 0.311 e. The number of ether oxygens (including phenoxy) is 1. The molecule has 5 nitrogen and oxygen atoms in total. The molecule has 25 heavy (non-hydrogen) atoms. The number of nitrogens with one attached hydrogen (secondary N) is 1.